The van der Waals surface area contributed by atoms with Crippen molar-refractivity contribution in [1.82, 2.24) is 0 Å². The van der Waals surface area contributed by atoms with Crippen LogP contribution in [0.4, 0.5) is 14.5 Å². The first kappa shape index (κ1) is 23.7. The third-order valence-electron chi connectivity index (χ3n) is 6.65. The second kappa shape index (κ2) is 9.79. The van der Waals surface area contributed by atoms with E-state index < -0.39 is 23.5 Å². The maximum Gasteiger partial charge on any atom is 0.330 e. The average molecular weight is 514 g/mol. The monoisotopic (exact) mass is 513 g/mol. The number of fused-ring (bicyclic) bond motifs is 2. The number of benzene rings is 2. The van der Waals surface area contributed by atoms with Crippen molar-refractivity contribution < 1.29 is 23.1 Å². The molecule has 0 heterocycles. The minimum atomic E-state index is -1.15. The topological polar surface area (TPSA) is 46.6 Å². The number of halogens is 3. The number of rotatable bonds is 6. The molecule has 33 heavy (non-hydrogen) atoms. The summed E-state index contributed by atoms with van der Waals surface area (Å²) in [5, 5.41) is 0. The van der Waals surface area contributed by atoms with Gasteiger partial charge in [0.05, 0.1) is 7.11 Å². The first-order valence-corrected chi connectivity index (χ1v) is 11.7. The Hall–Kier alpha value is -2.48. The Morgan fingerprint density at radius 3 is 2.61 bits per heavy atom. The smallest absolute Gasteiger partial charge is 0.330 e. The highest BCUT2D eigenvalue weighted by Crippen LogP contribution is 2.49. The highest BCUT2D eigenvalue weighted by atomic mass is 79.9. The van der Waals surface area contributed by atoms with Gasteiger partial charge in [-0.05, 0) is 73.1 Å². The Morgan fingerprint density at radius 1 is 1.18 bits per heavy atom. The molecule has 8 heteroatoms. The Labute approximate surface area is 201 Å². The van der Waals surface area contributed by atoms with Gasteiger partial charge in [-0.25, -0.2) is 13.6 Å². The van der Waals surface area contributed by atoms with E-state index in [0.717, 1.165) is 31.8 Å². The second-order valence-corrected chi connectivity index (χ2v) is 9.62. The summed E-state index contributed by atoms with van der Waals surface area (Å²) in [6.07, 6.45) is 6.42. The van der Waals surface area contributed by atoms with E-state index in [1.165, 1.54) is 42.4 Å². The minimum absolute atomic E-state index is 0.130. The molecule has 4 rings (SSSR count). The molecule has 1 amide bonds. The molecule has 2 radical (unpaired) electrons. The van der Waals surface area contributed by atoms with Gasteiger partial charge in [0, 0.05) is 33.7 Å². The summed E-state index contributed by atoms with van der Waals surface area (Å²) in [7, 11) is 7.71. The molecule has 4 atom stereocenters. The van der Waals surface area contributed by atoms with Crippen molar-refractivity contribution in [2.45, 2.75) is 31.6 Å². The summed E-state index contributed by atoms with van der Waals surface area (Å²) in [6, 6.07) is 8.44. The van der Waals surface area contributed by atoms with Crippen molar-refractivity contribution in [1.29, 1.82) is 0 Å². The van der Waals surface area contributed by atoms with Gasteiger partial charge in [0.15, 0.2) is 0 Å². The molecule has 2 saturated carbocycles. The van der Waals surface area contributed by atoms with Gasteiger partial charge in [0.2, 0.25) is 5.91 Å². The number of nitrogens with zero attached hydrogens (tertiary/aromatic N) is 1. The number of methoxy groups -OCH3 is 1. The van der Waals surface area contributed by atoms with Gasteiger partial charge in [-0.15, -0.1) is 0 Å². The van der Waals surface area contributed by atoms with E-state index >= 15 is 0 Å². The molecule has 2 bridgehead atoms. The Morgan fingerprint density at radius 2 is 1.97 bits per heavy atom. The summed E-state index contributed by atoms with van der Waals surface area (Å²) in [5.74, 6) is -2.60. The molecule has 0 aromatic heterocycles. The largest absolute Gasteiger partial charge is 0.466 e. The molecule has 0 saturated heterocycles. The van der Waals surface area contributed by atoms with Crippen LogP contribution < -0.4 is 4.90 Å². The zero-order valence-electron chi connectivity index (χ0n) is 18.1. The van der Waals surface area contributed by atoms with Crippen LogP contribution in [-0.4, -0.2) is 26.8 Å². The lowest BCUT2D eigenvalue weighted by Gasteiger charge is -2.35. The maximum atomic E-state index is 14.8. The van der Waals surface area contributed by atoms with Gasteiger partial charge in [0.25, 0.3) is 0 Å². The number of carbonyl (C=O) groups is 2. The fourth-order valence-corrected chi connectivity index (χ4v) is 5.43. The van der Waals surface area contributed by atoms with Gasteiger partial charge >= 0.3 is 5.97 Å². The van der Waals surface area contributed by atoms with Gasteiger partial charge < -0.3 is 9.64 Å². The molecule has 0 N–H and O–H groups in total. The van der Waals surface area contributed by atoms with Crippen LogP contribution in [0.1, 0.15) is 42.8 Å². The highest BCUT2D eigenvalue weighted by Gasteiger charge is 2.45. The van der Waals surface area contributed by atoms with Gasteiger partial charge in [-0.3, -0.25) is 4.79 Å². The van der Waals surface area contributed by atoms with Crippen molar-refractivity contribution in [3.05, 3.63) is 69.7 Å². The van der Waals surface area contributed by atoms with E-state index in [2.05, 4.69) is 20.7 Å². The van der Waals surface area contributed by atoms with Crippen LogP contribution in [0.5, 0.6) is 0 Å². The predicted molar refractivity (Wildman–Crippen MR) is 126 cm³/mol. The van der Waals surface area contributed by atoms with Crippen molar-refractivity contribution >= 4 is 47.4 Å². The zero-order valence-corrected chi connectivity index (χ0v) is 19.7. The Kier molecular flexibility index (Phi) is 7.03. The Balaban J connectivity index is 1.75. The van der Waals surface area contributed by atoms with E-state index in [1.54, 1.807) is 12.1 Å². The lowest BCUT2D eigenvalue weighted by atomic mass is 9.82. The first-order valence-electron chi connectivity index (χ1n) is 10.9. The molecule has 2 aromatic rings. The fraction of sp³-hybridized carbons (Fsp3) is 0.360. The number of carbonyl (C=O) groups excluding carboxylic acids is 2. The summed E-state index contributed by atoms with van der Waals surface area (Å²) in [5.41, 5.74) is 0.692. The van der Waals surface area contributed by atoms with E-state index in [1.807, 2.05) is 0 Å². The van der Waals surface area contributed by atoms with E-state index in [-0.39, 0.29) is 29.0 Å². The number of esters is 1. The van der Waals surface area contributed by atoms with Crippen LogP contribution in [0.2, 0.25) is 0 Å². The molecule has 0 spiro atoms. The lowest BCUT2D eigenvalue weighted by molar-refractivity contribution is -0.134. The van der Waals surface area contributed by atoms with Crippen molar-refractivity contribution in [3.8, 4) is 0 Å². The predicted octanol–water partition coefficient (Wildman–Crippen LogP) is 5.55. The number of amides is 1. The SMILES string of the molecule is [B]C(c1ccc(Br)cc1F)N(C(=O)C1CC2CCC1C2)c1cc(F)cc(/C=C/C(=O)OC)c1. The normalized spacial score (nSPS) is 22.5. The van der Waals surface area contributed by atoms with Crippen LogP contribution >= 0.6 is 15.9 Å². The van der Waals surface area contributed by atoms with Gasteiger partial charge in [0.1, 0.15) is 19.5 Å². The maximum absolute atomic E-state index is 14.8. The van der Waals surface area contributed by atoms with Crippen LogP contribution in [-0.2, 0) is 14.3 Å². The number of hydrogen-bond donors (Lipinski definition) is 0. The summed E-state index contributed by atoms with van der Waals surface area (Å²) in [4.78, 5) is 26.5. The van der Waals surface area contributed by atoms with E-state index in [9.17, 15) is 18.4 Å². The summed E-state index contributed by atoms with van der Waals surface area (Å²) in [6.45, 7) is 0. The van der Waals surface area contributed by atoms with Crippen LogP contribution in [0.3, 0.4) is 0 Å². The molecular weight excluding hydrogens is 491 g/mol. The highest BCUT2D eigenvalue weighted by molar-refractivity contribution is 9.10. The number of hydrogen-bond acceptors (Lipinski definition) is 3. The second-order valence-electron chi connectivity index (χ2n) is 8.70. The molecule has 2 aliphatic carbocycles. The summed E-state index contributed by atoms with van der Waals surface area (Å²) >= 11 is 3.23. The molecule has 4 unspecified atom stereocenters. The molecule has 4 nitrogen and oxygen atoms in total. The van der Waals surface area contributed by atoms with Crippen LogP contribution in [0.25, 0.3) is 6.08 Å². The first-order chi connectivity index (χ1) is 15.8. The molecular formula is C25H23BBrF2NO3. The third kappa shape index (κ3) is 5.05. The van der Waals surface area contributed by atoms with Crippen LogP contribution in [0.15, 0.2) is 46.9 Å². The van der Waals surface area contributed by atoms with Gasteiger partial charge in [-0.2, -0.15) is 0 Å². The standard InChI is InChI=1S/C25H23BBrF2NO3/c1-33-23(31)7-3-15-9-18(28)13-19(10-15)30(24(26)20-6-5-17(27)12-22(20)29)25(32)21-11-14-2-4-16(21)8-14/h3,5-7,9-10,12-14,16,21,24H,2,4,8,11H2,1H3/b7-3+. The number of ether oxygens (including phenoxy) is 1. The van der Waals surface area contributed by atoms with E-state index in [4.69, 9.17) is 7.85 Å². The Bertz CT molecular complexity index is 1110. The molecule has 170 valence electrons. The average Bonchev–Trinajstić information content (AvgIpc) is 3.41. The summed E-state index contributed by atoms with van der Waals surface area (Å²) < 4.78 is 34.5. The quantitative estimate of drug-likeness (QED) is 0.289. The molecule has 2 fully saturated rings. The van der Waals surface area contributed by atoms with Crippen molar-refractivity contribution in [2.75, 3.05) is 12.0 Å². The van der Waals surface area contributed by atoms with Gasteiger partial charge in [-0.1, -0.05) is 28.4 Å². The lowest BCUT2D eigenvalue weighted by Crippen LogP contribution is -2.41. The van der Waals surface area contributed by atoms with Crippen molar-refractivity contribution in [3.63, 3.8) is 0 Å². The number of anilines is 1. The van der Waals surface area contributed by atoms with Crippen molar-refractivity contribution in [2.24, 2.45) is 17.8 Å². The zero-order chi connectivity index (χ0) is 23.7. The third-order valence-corrected chi connectivity index (χ3v) is 7.14. The molecule has 2 aromatic carbocycles. The van der Waals surface area contributed by atoms with E-state index in [0.29, 0.717) is 16.0 Å². The molecule has 2 aliphatic rings. The minimum Gasteiger partial charge on any atom is -0.466 e. The fourth-order valence-electron chi connectivity index (χ4n) is 5.10. The van der Waals surface area contributed by atoms with Crippen LogP contribution in [0, 0.1) is 29.4 Å². The molecule has 0 aliphatic heterocycles.